The van der Waals surface area contributed by atoms with Crippen molar-refractivity contribution < 1.29 is 4.79 Å². The second-order valence-electron chi connectivity index (χ2n) is 3.66. The SMILES string of the molecule is CC(C)C1C(=O)NC1c1cncs1. The normalized spacial score (nSPS) is 27.2. The van der Waals surface area contributed by atoms with Crippen molar-refractivity contribution in [1.29, 1.82) is 0 Å². The minimum Gasteiger partial charge on any atom is -0.347 e. The van der Waals surface area contributed by atoms with Crippen LogP contribution < -0.4 is 5.32 Å². The third kappa shape index (κ3) is 1.35. The molecule has 1 aromatic rings. The van der Waals surface area contributed by atoms with Gasteiger partial charge in [-0.15, -0.1) is 11.3 Å². The predicted octanol–water partition coefficient (Wildman–Crippen LogP) is 1.59. The average Bonchev–Trinajstić information content (AvgIpc) is 2.50. The lowest BCUT2D eigenvalue weighted by Gasteiger charge is -2.38. The minimum absolute atomic E-state index is 0.139. The van der Waals surface area contributed by atoms with Gasteiger partial charge in [-0.25, -0.2) is 0 Å². The Morgan fingerprint density at radius 1 is 1.62 bits per heavy atom. The molecule has 13 heavy (non-hydrogen) atoms. The number of hydrogen-bond donors (Lipinski definition) is 1. The highest BCUT2D eigenvalue weighted by Gasteiger charge is 2.42. The number of thiazole rings is 1. The number of carbonyl (C=O) groups is 1. The molecule has 1 aromatic heterocycles. The molecule has 70 valence electrons. The highest BCUT2D eigenvalue weighted by atomic mass is 32.1. The molecular weight excluding hydrogens is 184 g/mol. The van der Waals surface area contributed by atoms with Crippen LogP contribution in [0, 0.1) is 11.8 Å². The molecule has 1 N–H and O–H groups in total. The molecule has 2 atom stereocenters. The Morgan fingerprint density at radius 3 is 2.85 bits per heavy atom. The lowest BCUT2D eigenvalue weighted by Crippen LogP contribution is -2.53. The van der Waals surface area contributed by atoms with Gasteiger partial charge in [0.15, 0.2) is 0 Å². The zero-order valence-electron chi connectivity index (χ0n) is 7.65. The summed E-state index contributed by atoms with van der Waals surface area (Å²) in [6, 6.07) is 0.208. The van der Waals surface area contributed by atoms with E-state index in [0.29, 0.717) is 5.92 Å². The number of rotatable bonds is 2. The first-order valence-electron chi connectivity index (χ1n) is 4.39. The lowest BCUT2D eigenvalue weighted by molar-refractivity contribution is -0.137. The van der Waals surface area contributed by atoms with Gasteiger partial charge < -0.3 is 5.32 Å². The Hall–Kier alpha value is -0.900. The number of aromatic nitrogens is 1. The number of carbonyl (C=O) groups excluding carboxylic acids is 1. The first-order chi connectivity index (χ1) is 6.20. The van der Waals surface area contributed by atoms with E-state index in [-0.39, 0.29) is 17.9 Å². The number of hydrogen-bond acceptors (Lipinski definition) is 3. The zero-order chi connectivity index (χ0) is 9.42. The van der Waals surface area contributed by atoms with E-state index in [9.17, 15) is 4.79 Å². The molecular formula is C9H12N2OS. The summed E-state index contributed by atoms with van der Waals surface area (Å²) >= 11 is 1.60. The predicted molar refractivity (Wildman–Crippen MR) is 51.3 cm³/mol. The lowest BCUT2D eigenvalue weighted by atomic mass is 9.81. The van der Waals surface area contributed by atoms with Crippen LogP contribution in [0.25, 0.3) is 0 Å². The largest absolute Gasteiger partial charge is 0.347 e. The number of amides is 1. The summed E-state index contributed by atoms with van der Waals surface area (Å²) in [7, 11) is 0. The van der Waals surface area contributed by atoms with E-state index in [2.05, 4.69) is 24.1 Å². The number of β-lactam (4-membered cyclic amide) rings is 1. The van der Waals surface area contributed by atoms with Crippen LogP contribution in [0.1, 0.15) is 24.8 Å². The smallest absolute Gasteiger partial charge is 0.226 e. The molecule has 1 aliphatic rings. The highest BCUT2D eigenvalue weighted by Crippen LogP contribution is 2.36. The maximum absolute atomic E-state index is 11.3. The van der Waals surface area contributed by atoms with Crippen molar-refractivity contribution in [2.75, 3.05) is 0 Å². The molecule has 1 fully saturated rings. The van der Waals surface area contributed by atoms with Gasteiger partial charge in [-0.05, 0) is 5.92 Å². The fraction of sp³-hybridized carbons (Fsp3) is 0.556. The summed E-state index contributed by atoms with van der Waals surface area (Å²) in [5, 5.41) is 2.91. The second kappa shape index (κ2) is 3.10. The molecule has 2 heterocycles. The summed E-state index contributed by atoms with van der Waals surface area (Å²) in [6.07, 6.45) is 1.84. The summed E-state index contributed by atoms with van der Waals surface area (Å²) in [6.45, 7) is 4.16. The molecule has 1 aliphatic heterocycles. The fourth-order valence-corrected chi connectivity index (χ4v) is 2.43. The summed E-state index contributed by atoms with van der Waals surface area (Å²) in [5.41, 5.74) is 1.80. The Labute approximate surface area is 81.2 Å². The average molecular weight is 196 g/mol. The van der Waals surface area contributed by atoms with Crippen molar-refractivity contribution in [3.8, 4) is 0 Å². The van der Waals surface area contributed by atoms with Crippen molar-refractivity contribution in [2.45, 2.75) is 19.9 Å². The van der Waals surface area contributed by atoms with Gasteiger partial charge in [-0.3, -0.25) is 9.78 Å². The number of nitrogens with zero attached hydrogens (tertiary/aromatic N) is 1. The van der Waals surface area contributed by atoms with Crippen LogP contribution >= 0.6 is 11.3 Å². The van der Waals surface area contributed by atoms with E-state index in [1.165, 1.54) is 4.88 Å². The van der Waals surface area contributed by atoms with E-state index >= 15 is 0 Å². The van der Waals surface area contributed by atoms with Crippen LogP contribution in [0.3, 0.4) is 0 Å². The van der Waals surface area contributed by atoms with Gasteiger partial charge >= 0.3 is 0 Å². The molecule has 0 spiro atoms. The molecule has 0 bridgehead atoms. The van der Waals surface area contributed by atoms with Crippen LogP contribution in [0.5, 0.6) is 0 Å². The van der Waals surface area contributed by atoms with Gasteiger partial charge in [0.25, 0.3) is 0 Å². The molecule has 0 saturated carbocycles. The molecule has 3 nitrogen and oxygen atoms in total. The van der Waals surface area contributed by atoms with Crippen molar-refractivity contribution >= 4 is 17.2 Å². The quantitative estimate of drug-likeness (QED) is 0.730. The Bertz CT molecular complexity index is 307. The molecule has 1 amide bonds. The minimum atomic E-state index is 0.139. The summed E-state index contributed by atoms with van der Waals surface area (Å²) in [4.78, 5) is 16.4. The number of nitrogens with one attached hydrogen (secondary N) is 1. The van der Waals surface area contributed by atoms with Gasteiger partial charge in [0.05, 0.1) is 17.5 Å². The Morgan fingerprint density at radius 2 is 2.38 bits per heavy atom. The zero-order valence-corrected chi connectivity index (χ0v) is 8.47. The standard InChI is InChI=1S/C9H12N2OS/c1-5(2)7-8(11-9(7)12)6-3-10-4-13-6/h3-5,7-8H,1-2H3,(H,11,12). The van der Waals surface area contributed by atoms with E-state index in [1.54, 1.807) is 16.8 Å². The molecule has 1 saturated heterocycles. The maximum atomic E-state index is 11.3. The van der Waals surface area contributed by atoms with Crippen molar-refractivity contribution in [3.05, 3.63) is 16.6 Å². The van der Waals surface area contributed by atoms with E-state index in [4.69, 9.17) is 0 Å². The topological polar surface area (TPSA) is 42.0 Å². The fourth-order valence-electron chi connectivity index (χ4n) is 1.71. The van der Waals surface area contributed by atoms with Crippen molar-refractivity contribution in [1.82, 2.24) is 10.3 Å². The summed E-state index contributed by atoms with van der Waals surface area (Å²) < 4.78 is 0. The van der Waals surface area contributed by atoms with Crippen LogP contribution in [0.2, 0.25) is 0 Å². The van der Waals surface area contributed by atoms with Crippen LogP contribution in [0.4, 0.5) is 0 Å². The third-order valence-electron chi connectivity index (χ3n) is 2.44. The molecule has 2 rings (SSSR count). The van der Waals surface area contributed by atoms with Crippen LogP contribution in [0.15, 0.2) is 11.7 Å². The van der Waals surface area contributed by atoms with Crippen LogP contribution in [-0.4, -0.2) is 10.9 Å². The molecule has 0 aromatic carbocycles. The van der Waals surface area contributed by atoms with Gasteiger partial charge in [-0.2, -0.15) is 0 Å². The van der Waals surface area contributed by atoms with Gasteiger partial charge in [-0.1, -0.05) is 13.8 Å². The monoisotopic (exact) mass is 196 g/mol. The first-order valence-corrected chi connectivity index (χ1v) is 5.27. The van der Waals surface area contributed by atoms with Gasteiger partial charge in [0.1, 0.15) is 0 Å². The molecule has 0 aliphatic carbocycles. The van der Waals surface area contributed by atoms with Gasteiger partial charge in [0.2, 0.25) is 5.91 Å². The molecule has 2 unspecified atom stereocenters. The second-order valence-corrected chi connectivity index (χ2v) is 4.58. The molecule has 4 heteroatoms. The van der Waals surface area contributed by atoms with E-state index < -0.39 is 0 Å². The van der Waals surface area contributed by atoms with Gasteiger partial charge in [0, 0.05) is 11.1 Å². The van der Waals surface area contributed by atoms with Crippen LogP contribution in [-0.2, 0) is 4.79 Å². The highest BCUT2D eigenvalue weighted by molar-refractivity contribution is 7.09. The Kier molecular flexibility index (Phi) is 2.07. The Balaban J connectivity index is 2.15. The summed E-state index contributed by atoms with van der Waals surface area (Å²) in [5.74, 6) is 0.717. The first kappa shape index (κ1) is 8.69. The third-order valence-corrected chi connectivity index (χ3v) is 3.29. The molecule has 0 radical (unpaired) electrons. The van der Waals surface area contributed by atoms with Crippen molar-refractivity contribution in [3.63, 3.8) is 0 Å². The maximum Gasteiger partial charge on any atom is 0.226 e. The van der Waals surface area contributed by atoms with E-state index in [1.807, 2.05) is 6.20 Å². The van der Waals surface area contributed by atoms with E-state index in [0.717, 1.165) is 0 Å². The van der Waals surface area contributed by atoms with Crippen molar-refractivity contribution in [2.24, 2.45) is 11.8 Å².